The van der Waals surface area contributed by atoms with Crippen molar-refractivity contribution in [2.24, 2.45) is 0 Å². The summed E-state index contributed by atoms with van der Waals surface area (Å²) in [5.74, 6) is -0.745. The molecule has 4 nitrogen and oxygen atoms in total. The van der Waals surface area contributed by atoms with Gasteiger partial charge >= 0.3 is 0 Å². The number of Topliss-reactive ketones (excluding diaryl/α,β-unsaturated/α-hetero) is 1. The number of carbonyl (C=O) groups is 1. The Balaban J connectivity index is 1.95. The van der Waals surface area contributed by atoms with Crippen LogP contribution >= 0.6 is 0 Å². The maximum absolute atomic E-state index is 12.6. The van der Waals surface area contributed by atoms with Crippen molar-refractivity contribution < 1.29 is 19.4 Å². The third kappa shape index (κ3) is 3.29. The molecular weight excluding hydrogens is 304 g/mol. The van der Waals surface area contributed by atoms with E-state index < -0.39 is 5.79 Å². The second-order valence-corrected chi connectivity index (χ2v) is 6.06. The molecule has 2 aromatic rings. The van der Waals surface area contributed by atoms with E-state index >= 15 is 0 Å². The van der Waals surface area contributed by atoms with Crippen LogP contribution in [0.25, 0.3) is 0 Å². The van der Waals surface area contributed by atoms with Gasteiger partial charge in [-0.05, 0) is 18.6 Å². The number of ether oxygens (including phenoxy) is 2. The van der Waals surface area contributed by atoms with E-state index in [1.165, 1.54) is 12.1 Å². The topological polar surface area (TPSA) is 55.8 Å². The zero-order valence-electron chi connectivity index (χ0n) is 13.8. The van der Waals surface area contributed by atoms with Crippen molar-refractivity contribution in [1.29, 1.82) is 0 Å². The van der Waals surface area contributed by atoms with E-state index in [2.05, 4.69) is 6.92 Å². The van der Waals surface area contributed by atoms with Crippen LogP contribution in [-0.4, -0.2) is 17.5 Å². The van der Waals surface area contributed by atoms with Crippen molar-refractivity contribution in [3.63, 3.8) is 0 Å². The third-order valence-corrected chi connectivity index (χ3v) is 4.23. The minimum absolute atomic E-state index is 0.0457. The summed E-state index contributed by atoms with van der Waals surface area (Å²) in [6.07, 6.45) is 3.20. The number of fused-ring (bicyclic) bond motifs is 1. The fourth-order valence-corrected chi connectivity index (χ4v) is 2.95. The summed E-state index contributed by atoms with van der Waals surface area (Å²) in [5.41, 5.74) is 1.29. The Morgan fingerprint density at radius 3 is 2.71 bits per heavy atom. The Labute approximate surface area is 142 Å². The molecule has 1 aliphatic heterocycles. The minimum atomic E-state index is -1.13. The van der Waals surface area contributed by atoms with Crippen LogP contribution in [0.2, 0.25) is 0 Å². The van der Waals surface area contributed by atoms with Gasteiger partial charge in [0.2, 0.25) is 5.79 Å². The molecule has 1 aliphatic rings. The molecule has 1 N–H and O–H groups in total. The molecular formula is C20H22O4. The van der Waals surface area contributed by atoms with E-state index in [4.69, 9.17) is 9.47 Å². The summed E-state index contributed by atoms with van der Waals surface area (Å²) in [6.45, 7) is 2.65. The highest BCUT2D eigenvalue weighted by Crippen LogP contribution is 2.41. The Bertz CT molecular complexity index is 711. The number of hydrogen-bond acceptors (Lipinski definition) is 4. The van der Waals surface area contributed by atoms with Crippen LogP contribution in [0.15, 0.2) is 48.5 Å². The summed E-state index contributed by atoms with van der Waals surface area (Å²) < 4.78 is 12.2. The van der Waals surface area contributed by atoms with E-state index in [0.717, 1.165) is 24.8 Å². The van der Waals surface area contributed by atoms with Gasteiger partial charge in [-0.3, -0.25) is 4.79 Å². The lowest BCUT2D eigenvalue weighted by Gasteiger charge is -2.38. The quantitative estimate of drug-likeness (QED) is 0.799. The van der Waals surface area contributed by atoms with Gasteiger partial charge in [-0.25, -0.2) is 0 Å². The monoisotopic (exact) mass is 326 g/mol. The fourth-order valence-electron chi connectivity index (χ4n) is 2.95. The number of hydrogen-bond donors (Lipinski definition) is 1. The fraction of sp³-hybridized carbons (Fsp3) is 0.350. The summed E-state index contributed by atoms with van der Waals surface area (Å²) in [6, 6.07) is 14.1. The molecule has 0 fully saturated rings. The predicted octanol–water partition coefficient (Wildman–Crippen LogP) is 4.42. The highest BCUT2D eigenvalue weighted by Gasteiger charge is 2.43. The Kier molecular flexibility index (Phi) is 4.86. The SMILES string of the molecule is CCCCCOC1(c2ccccc2)CC(=O)c2ccc(O)cc2O1. The van der Waals surface area contributed by atoms with Gasteiger partial charge in [0.15, 0.2) is 5.78 Å². The molecule has 1 heterocycles. The number of phenols is 1. The number of aromatic hydroxyl groups is 1. The summed E-state index contributed by atoms with van der Waals surface area (Å²) in [5, 5.41) is 9.73. The van der Waals surface area contributed by atoms with E-state index in [1.54, 1.807) is 6.07 Å². The van der Waals surface area contributed by atoms with Crippen LogP contribution in [0.3, 0.4) is 0 Å². The summed E-state index contributed by atoms with van der Waals surface area (Å²) in [7, 11) is 0. The molecule has 126 valence electrons. The number of benzene rings is 2. The number of phenolic OH excluding ortho intramolecular Hbond substituents is 1. The first-order chi connectivity index (χ1) is 11.6. The van der Waals surface area contributed by atoms with Gasteiger partial charge in [0, 0.05) is 11.6 Å². The standard InChI is InChI=1S/C20H22O4/c1-2-3-7-12-23-20(15-8-5-4-6-9-15)14-18(22)17-11-10-16(21)13-19(17)24-20/h4-6,8-11,13,21H,2-3,7,12,14H2,1H3. The van der Waals surface area contributed by atoms with Crippen LogP contribution in [0.1, 0.15) is 48.5 Å². The van der Waals surface area contributed by atoms with Gasteiger partial charge in [0.25, 0.3) is 0 Å². The highest BCUT2D eigenvalue weighted by molar-refractivity contribution is 6.00. The molecule has 0 spiro atoms. The Hall–Kier alpha value is -2.33. The minimum Gasteiger partial charge on any atom is -0.508 e. The Morgan fingerprint density at radius 2 is 1.96 bits per heavy atom. The molecule has 0 amide bonds. The van der Waals surface area contributed by atoms with Crippen molar-refractivity contribution in [2.75, 3.05) is 6.61 Å². The van der Waals surface area contributed by atoms with Crippen LogP contribution in [0.5, 0.6) is 11.5 Å². The predicted molar refractivity (Wildman–Crippen MR) is 91.3 cm³/mol. The van der Waals surface area contributed by atoms with Crippen molar-refractivity contribution in [2.45, 2.75) is 38.4 Å². The van der Waals surface area contributed by atoms with Crippen molar-refractivity contribution in [1.82, 2.24) is 0 Å². The van der Waals surface area contributed by atoms with E-state index in [1.807, 2.05) is 30.3 Å². The second kappa shape index (κ2) is 7.05. The van der Waals surface area contributed by atoms with Crippen molar-refractivity contribution >= 4 is 5.78 Å². The van der Waals surface area contributed by atoms with Crippen LogP contribution in [0, 0.1) is 0 Å². The maximum Gasteiger partial charge on any atom is 0.244 e. The smallest absolute Gasteiger partial charge is 0.244 e. The lowest BCUT2D eigenvalue weighted by molar-refractivity contribution is -0.193. The zero-order valence-corrected chi connectivity index (χ0v) is 13.8. The maximum atomic E-state index is 12.6. The summed E-state index contributed by atoms with van der Waals surface area (Å²) in [4.78, 5) is 12.6. The first kappa shape index (κ1) is 16.5. The molecule has 24 heavy (non-hydrogen) atoms. The second-order valence-electron chi connectivity index (χ2n) is 6.06. The zero-order chi connectivity index (χ0) is 17.0. The van der Waals surface area contributed by atoms with Crippen molar-refractivity contribution in [3.8, 4) is 11.5 Å². The molecule has 3 rings (SSSR count). The van der Waals surface area contributed by atoms with Crippen LogP contribution in [0.4, 0.5) is 0 Å². The first-order valence-electron chi connectivity index (χ1n) is 8.39. The van der Waals surface area contributed by atoms with Gasteiger partial charge in [-0.1, -0.05) is 50.1 Å². The number of unbranched alkanes of at least 4 members (excludes halogenated alkanes) is 2. The highest BCUT2D eigenvalue weighted by atomic mass is 16.7. The van der Waals surface area contributed by atoms with Crippen LogP contribution in [-0.2, 0) is 10.5 Å². The van der Waals surface area contributed by atoms with Crippen LogP contribution < -0.4 is 4.74 Å². The first-order valence-corrected chi connectivity index (χ1v) is 8.39. The normalized spacial score (nSPS) is 19.6. The molecule has 0 saturated carbocycles. The average molecular weight is 326 g/mol. The van der Waals surface area contributed by atoms with E-state index in [9.17, 15) is 9.90 Å². The molecule has 0 saturated heterocycles. The molecule has 0 aliphatic carbocycles. The van der Waals surface area contributed by atoms with Gasteiger partial charge < -0.3 is 14.6 Å². The lowest BCUT2D eigenvalue weighted by Crippen LogP contribution is -2.42. The largest absolute Gasteiger partial charge is 0.508 e. The third-order valence-electron chi connectivity index (χ3n) is 4.23. The Morgan fingerprint density at radius 1 is 1.17 bits per heavy atom. The molecule has 0 radical (unpaired) electrons. The van der Waals surface area contributed by atoms with Crippen molar-refractivity contribution in [3.05, 3.63) is 59.7 Å². The van der Waals surface area contributed by atoms with Gasteiger partial charge in [-0.2, -0.15) is 0 Å². The van der Waals surface area contributed by atoms with E-state index in [-0.39, 0.29) is 18.0 Å². The average Bonchev–Trinajstić information content (AvgIpc) is 2.59. The molecule has 1 unspecified atom stereocenters. The van der Waals surface area contributed by atoms with Gasteiger partial charge in [-0.15, -0.1) is 0 Å². The number of ketones is 1. The molecule has 0 aromatic heterocycles. The molecule has 4 heteroatoms. The van der Waals surface area contributed by atoms with Gasteiger partial charge in [0.05, 0.1) is 18.6 Å². The van der Waals surface area contributed by atoms with E-state index in [0.29, 0.717) is 17.9 Å². The number of carbonyl (C=O) groups excluding carboxylic acids is 1. The molecule has 1 atom stereocenters. The summed E-state index contributed by atoms with van der Waals surface area (Å²) >= 11 is 0. The van der Waals surface area contributed by atoms with Gasteiger partial charge in [0.1, 0.15) is 11.5 Å². The molecule has 2 aromatic carbocycles. The number of rotatable bonds is 6. The lowest BCUT2D eigenvalue weighted by atomic mass is 9.93. The molecule has 0 bridgehead atoms.